The molecule has 2 aromatic heterocycles. The highest BCUT2D eigenvalue weighted by Gasteiger charge is 2.38. The third-order valence-electron chi connectivity index (χ3n) is 3.71. The number of nitrogens with two attached hydrogens (primary N) is 1. The number of nitrogen functional groups attached to an aromatic ring is 1. The monoisotopic (exact) mass is 468 g/mol. The number of carbonyl (C=O) groups excluding carboxylic acids is 1. The van der Waals surface area contributed by atoms with E-state index in [9.17, 15) is 27.2 Å². The smallest absolute Gasteiger partial charge is 0.475 e. The van der Waals surface area contributed by atoms with Crippen molar-refractivity contribution >= 4 is 23.4 Å². The minimum absolute atomic E-state index is 0.0400. The number of benzene rings is 1. The third kappa shape index (κ3) is 7.34. The molecule has 2 heterocycles. The van der Waals surface area contributed by atoms with Gasteiger partial charge in [-0.15, -0.1) is 0 Å². The maximum Gasteiger partial charge on any atom is 0.490 e. The number of aromatic amines is 1. The van der Waals surface area contributed by atoms with Gasteiger partial charge in [0.25, 0.3) is 11.5 Å². The van der Waals surface area contributed by atoms with Gasteiger partial charge in [0.1, 0.15) is 17.1 Å². The SMILES string of the molecule is Cc1ccc(C(=O)Nc2ccc(Oc3ccnc(N)c3)c(F)c2)c(=O)[nH]1.O=C(O)C(F)(F)F. The van der Waals surface area contributed by atoms with Crippen molar-refractivity contribution in [2.75, 3.05) is 11.1 Å². The second-order valence-corrected chi connectivity index (χ2v) is 6.30. The molecule has 5 N–H and O–H groups in total. The quantitative estimate of drug-likeness (QED) is 0.429. The molecule has 0 unspecified atom stereocenters. The Morgan fingerprint density at radius 2 is 1.82 bits per heavy atom. The number of carboxylic acid groups (broad SMARTS) is 1. The normalized spacial score (nSPS) is 10.6. The second kappa shape index (κ2) is 10.3. The van der Waals surface area contributed by atoms with Crippen LogP contribution in [0.5, 0.6) is 11.5 Å². The number of aryl methyl sites for hydroxylation is 1. The van der Waals surface area contributed by atoms with Gasteiger partial charge in [-0.05, 0) is 37.3 Å². The van der Waals surface area contributed by atoms with E-state index in [0.717, 1.165) is 6.07 Å². The molecule has 33 heavy (non-hydrogen) atoms. The molecule has 3 rings (SSSR count). The Labute approximate surface area is 182 Å². The van der Waals surface area contributed by atoms with Crippen molar-refractivity contribution in [1.29, 1.82) is 0 Å². The number of halogens is 4. The van der Waals surface area contributed by atoms with Gasteiger partial charge in [-0.3, -0.25) is 9.59 Å². The fourth-order valence-corrected chi connectivity index (χ4v) is 2.23. The summed E-state index contributed by atoms with van der Waals surface area (Å²) in [6.07, 6.45) is -3.64. The van der Waals surface area contributed by atoms with Gasteiger partial charge in [0.05, 0.1) is 0 Å². The average Bonchev–Trinajstić information content (AvgIpc) is 2.70. The number of H-pyrrole nitrogens is 1. The first-order valence-corrected chi connectivity index (χ1v) is 8.87. The lowest BCUT2D eigenvalue weighted by Gasteiger charge is -2.09. The molecule has 13 heteroatoms. The van der Waals surface area contributed by atoms with E-state index in [0.29, 0.717) is 11.4 Å². The summed E-state index contributed by atoms with van der Waals surface area (Å²) in [4.78, 5) is 39.2. The fraction of sp³-hybridized carbons (Fsp3) is 0.100. The number of amides is 1. The molecule has 174 valence electrons. The lowest BCUT2D eigenvalue weighted by atomic mass is 10.2. The predicted molar refractivity (Wildman–Crippen MR) is 109 cm³/mol. The van der Waals surface area contributed by atoms with E-state index in [1.54, 1.807) is 13.0 Å². The lowest BCUT2D eigenvalue weighted by Crippen LogP contribution is -2.23. The second-order valence-electron chi connectivity index (χ2n) is 6.30. The number of nitrogens with one attached hydrogen (secondary N) is 2. The first-order valence-electron chi connectivity index (χ1n) is 8.87. The number of pyridine rings is 2. The molecule has 0 atom stereocenters. The summed E-state index contributed by atoms with van der Waals surface area (Å²) >= 11 is 0. The number of anilines is 2. The zero-order valence-corrected chi connectivity index (χ0v) is 16.7. The standard InChI is InChI=1S/C18H15FN4O3.C2HF3O2/c1-10-2-4-13(17(24)22-10)18(25)23-11-3-5-15(14(19)8-11)26-12-6-7-21-16(20)9-12;3-2(4,5)1(6)7/h2-9H,1H3,(H2,20,21)(H,22,24)(H,23,25);(H,6,7). The molecule has 3 aromatic rings. The highest BCUT2D eigenvalue weighted by Crippen LogP contribution is 2.27. The molecule has 0 spiro atoms. The number of carbonyl (C=O) groups is 2. The molecule has 0 fully saturated rings. The fourth-order valence-electron chi connectivity index (χ4n) is 2.23. The molecule has 0 aliphatic rings. The molecular weight excluding hydrogens is 452 g/mol. The highest BCUT2D eigenvalue weighted by atomic mass is 19.4. The van der Waals surface area contributed by atoms with Gasteiger partial charge < -0.3 is 25.9 Å². The third-order valence-corrected chi connectivity index (χ3v) is 3.71. The zero-order chi connectivity index (χ0) is 24.8. The van der Waals surface area contributed by atoms with Gasteiger partial charge in [0.15, 0.2) is 11.6 Å². The summed E-state index contributed by atoms with van der Waals surface area (Å²) in [5.41, 5.74) is 5.79. The minimum atomic E-state index is -5.08. The van der Waals surface area contributed by atoms with Crippen molar-refractivity contribution in [1.82, 2.24) is 9.97 Å². The van der Waals surface area contributed by atoms with Gasteiger partial charge in [-0.25, -0.2) is 14.2 Å². The molecular formula is C20H16F4N4O5. The van der Waals surface area contributed by atoms with Crippen LogP contribution in [0.4, 0.5) is 29.1 Å². The van der Waals surface area contributed by atoms with Crippen molar-refractivity contribution in [3.8, 4) is 11.5 Å². The Bertz CT molecular complexity index is 1230. The van der Waals surface area contributed by atoms with Crippen LogP contribution in [0.2, 0.25) is 0 Å². The van der Waals surface area contributed by atoms with Crippen molar-refractivity contribution in [2.24, 2.45) is 0 Å². The van der Waals surface area contributed by atoms with E-state index in [1.165, 1.54) is 36.5 Å². The van der Waals surface area contributed by atoms with Gasteiger partial charge in [-0.2, -0.15) is 13.2 Å². The topological polar surface area (TPSA) is 147 Å². The molecule has 9 nitrogen and oxygen atoms in total. The summed E-state index contributed by atoms with van der Waals surface area (Å²) < 4.78 is 51.4. The van der Waals surface area contributed by atoms with E-state index in [1.807, 2.05) is 0 Å². The Hall–Kier alpha value is -4.42. The first kappa shape index (κ1) is 24.8. The van der Waals surface area contributed by atoms with Crippen LogP contribution in [0.1, 0.15) is 16.1 Å². The molecule has 0 saturated heterocycles. The molecule has 0 bridgehead atoms. The van der Waals surface area contributed by atoms with Crippen molar-refractivity contribution in [2.45, 2.75) is 13.1 Å². The van der Waals surface area contributed by atoms with E-state index in [-0.39, 0.29) is 22.8 Å². The number of rotatable bonds is 4. The number of hydrogen-bond acceptors (Lipinski definition) is 6. The number of aliphatic carboxylic acids is 1. The maximum absolute atomic E-state index is 14.2. The number of ether oxygens (including phenoxy) is 1. The molecule has 0 aliphatic heterocycles. The number of aromatic nitrogens is 2. The van der Waals surface area contributed by atoms with Crippen molar-refractivity contribution < 1.29 is 37.0 Å². The lowest BCUT2D eigenvalue weighted by molar-refractivity contribution is -0.192. The molecule has 0 saturated carbocycles. The van der Waals surface area contributed by atoms with E-state index in [4.69, 9.17) is 20.4 Å². The van der Waals surface area contributed by atoms with Crippen LogP contribution in [-0.2, 0) is 4.79 Å². The summed E-state index contributed by atoms with van der Waals surface area (Å²) in [7, 11) is 0. The summed E-state index contributed by atoms with van der Waals surface area (Å²) in [6, 6.07) is 9.93. The summed E-state index contributed by atoms with van der Waals surface area (Å²) in [6.45, 7) is 1.70. The molecule has 0 aliphatic carbocycles. The van der Waals surface area contributed by atoms with Crippen LogP contribution in [-0.4, -0.2) is 33.1 Å². The maximum atomic E-state index is 14.2. The van der Waals surface area contributed by atoms with Crippen LogP contribution in [0.25, 0.3) is 0 Å². The van der Waals surface area contributed by atoms with Gasteiger partial charge >= 0.3 is 12.1 Å². The van der Waals surface area contributed by atoms with E-state index in [2.05, 4.69) is 15.3 Å². The largest absolute Gasteiger partial charge is 0.490 e. The first-order chi connectivity index (χ1) is 15.4. The number of alkyl halides is 3. The Morgan fingerprint density at radius 3 is 2.36 bits per heavy atom. The van der Waals surface area contributed by atoms with E-state index >= 15 is 0 Å². The Morgan fingerprint density at radius 1 is 1.15 bits per heavy atom. The highest BCUT2D eigenvalue weighted by molar-refractivity contribution is 6.04. The molecule has 1 amide bonds. The molecule has 1 aromatic carbocycles. The van der Waals surface area contributed by atoms with Crippen LogP contribution in [0.15, 0.2) is 53.5 Å². The summed E-state index contributed by atoms with van der Waals surface area (Å²) in [5.74, 6) is -3.54. The van der Waals surface area contributed by atoms with Crippen LogP contribution in [0, 0.1) is 12.7 Å². The van der Waals surface area contributed by atoms with E-state index < -0.39 is 29.4 Å². The molecule has 0 radical (unpaired) electrons. The Kier molecular flexibility index (Phi) is 7.72. The van der Waals surface area contributed by atoms with Crippen LogP contribution < -0.4 is 21.3 Å². The zero-order valence-electron chi connectivity index (χ0n) is 16.7. The van der Waals surface area contributed by atoms with Crippen molar-refractivity contribution in [3.63, 3.8) is 0 Å². The number of hydrogen-bond donors (Lipinski definition) is 4. The van der Waals surface area contributed by atoms with Gasteiger partial charge in [0.2, 0.25) is 0 Å². The van der Waals surface area contributed by atoms with Gasteiger partial charge in [0, 0.05) is 29.7 Å². The Balaban J connectivity index is 0.000000479. The minimum Gasteiger partial charge on any atom is -0.475 e. The number of carboxylic acids is 1. The average molecular weight is 468 g/mol. The number of nitrogens with zero attached hydrogens (tertiary/aromatic N) is 1. The van der Waals surface area contributed by atoms with Gasteiger partial charge in [-0.1, -0.05) is 0 Å². The van der Waals surface area contributed by atoms with Crippen molar-refractivity contribution in [3.05, 3.63) is 76.1 Å². The predicted octanol–water partition coefficient (Wildman–Crippen LogP) is 3.48. The van der Waals surface area contributed by atoms with Crippen LogP contribution in [0.3, 0.4) is 0 Å². The van der Waals surface area contributed by atoms with Crippen LogP contribution >= 0.6 is 0 Å². The summed E-state index contributed by atoms with van der Waals surface area (Å²) in [5, 5.41) is 9.60.